The van der Waals surface area contributed by atoms with E-state index >= 15 is 0 Å². The monoisotopic (exact) mass is 398 g/mol. The highest BCUT2D eigenvalue weighted by atomic mass is 35.5. The highest BCUT2D eigenvalue weighted by molar-refractivity contribution is 6.33. The number of benzene rings is 2. The summed E-state index contributed by atoms with van der Waals surface area (Å²) in [6, 6.07) is 14.6. The van der Waals surface area contributed by atoms with Gasteiger partial charge < -0.3 is 14.9 Å². The molecule has 6 heteroatoms. The van der Waals surface area contributed by atoms with Crippen molar-refractivity contribution in [3.8, 4) is 0 Å². The number of halogens is 1. The van der Waals surface area contributed by atoms with Gasteiger partial charge in [0.05, 0.1) is 10.7 Å². The molecule has 2 saturated heterocycles. The van der Waals surface area contributed by atoms with Crippen LogP contribution in [-0.4, -0.2) is 48.1 Å². The number of hydrogen-bond donors (Lipinski definition) is 1. The summed E-state index contributed by atoms with van der Waals surface area (Å²) in [5.41, 5.74) is 1.14. The average Bonchev–Trinajstić information content (AvgIpc) is 3.39. The molecule has 1 N–H and O–H groups in total. The van der Waals surface area contributed by atoms with E-state index in [2.05, 4.69) is 4.90 Å². The maximum Gasteiger partial charge on any atom is 0.316 e. The quantitative estimate of drug-likeness (QED) is 0.850. The Morgan fingerprint density at radius 3 is 2.36 bits per heavy atom. The Kier molecular flexibility index (Phi) is 5.02. The van der Waals surface area contributed by atoms with Crippen LogP contribution >= 0.6 is 11.6 Å². The van der Waals surface area contributed by atoms with Gasteiger partial charge in [-0.3, -0.25) is 9.59 Å². The molecule has 0 radical (unpaired) electrons. The molecular weight excluding hydrogens is 376 g/mol. The molecule has 1 atom stereocenters. The second-order valence-electron chi connectivity index (χ2n) is 7.59. The summed E-state index contributed by atoms with van der Waals surface area (Å²) in [6.07, 6.45) is 2.71. The Bertz CT molecular complexity index is 896. The van der Waals surface area contributed by atoms with E-state index in [1.807, 2.05) is 36.4 Å². The number of aliphatic carboxylic acids is 1. The number of anilines is 1. The Morgan fingerprint density at radius 1 is 1.00 bits per heavy atom. The molecule has 2 aliphatic rings. The molecule has 2 heterocycles. The molecule has 0 saturated carbocycles. The smallest absolute Gasteiger partial charge is 0.316 e. The number of carboxylic acid groups (broad SMARTS) is 1. The van der Waals surface area contributed by atoms with Crippen molar-refractivity contribution in [3.05, 3.63) is 64.7 Å². The lowest BCUT2D eigenvalue weighted by Crippen LogP contribution is -2.40. The number of carbonyl (C=O) groups is 2. The van der Waals surface area contributed by atoms with Gasteiger partial charge in [0.25, 0.3) is 5.91 Å². The summed E-state index contributed by atoms with van der Waals surface area (Å²) in [5, 5.41) is 10.5. The van der Waals surface area contributed by atoms with Gasteiger partial charge in [-0.1, -0.05) is 41.9 Å². The number of carbonyl (C=O) groups excluding carboxylic acids is 1. The largest absolute Gasteiger partial charge is 0.481 e. The fourth-order valence-electron chi connectivity index (χ4n) is 4.31. The third-order valence-electron chi connectivity index (χ3n) is 5.93. The highest BCUT2D eigenvalue weighted by Crippen LogP contribution is 2.36. The summed E-state index contributed by atoms with van der Waals surface area (Å²) in [4.78, 5) is 29.0. The van der Waals surface area contributed by atoms with E-state index in [4.69, 9.17) is 11.6 Å². The maximum atomic E-state index is 13.0. The van der Waals surface area contributed by atoms with Crippen LogP contribution in [0.1, 0.15) is 35.2 Å². The van der Waals surface area contributed by atoms with Gasteiger partial charge in [-0.25, -0.2) is 0 Å². The van der Waals surface area contributed by atoms with Gasteiger partial charge in [0.2, 0.25) is 0 Å². The molecule has 146 valence electrons. The third kappa shape index (κ3) is 3.24. The van der Waals surface area contributed by atoms with Crippen molar-refractivity contribution < 1.29 is 14.7 Å². The van der Waals surface area contributed by atoms with E-state index in [0.29, 0.717) is 23.6 Å². The van der Waals surface area contributed by atoms with Crippen LogP contribution in [0, 0.1) is 0 Å². The molecular formula is C22H23ClN2O3. The van der Waals surface area contributed by atoms with Crippen LogP contribution < -0.4 is 4.90 Å². The second kappa shape index (κ2) is 7.47. The number of likely N-dealkylation sites (tertiary alicyclic amines) is 1. The Labute approximate surface area is 169 Å². The zero-order valence-electron chi connectivity index (χ0n) is 15.6. The summed E-state index contributed by atoms with van der Waals surface area (Å²) in [6.45, 7) is 2.54. The molecule has 1 amide bonds. The summed E-state index contributed by atoms with van der Waals surface area (Å²) in [7, 11) is 0. The van der Waals surface area contributed by atoms with Crippen molar-refractivity contribution in [1.82, 2.24) is 4.90 Å². The van der Waals surface area contributed by atoms with E-state index in [1.165, 1.54) is 0 Å². The van der Waals surface area contributed by atoms with Gasteiger partial charge in [-0.05, 0) is 43.0 Å². The van der Waals surface area contributed by atoms with Crippen LogP contribution in [-0.2, 0) is 10.2 Å². The maximum absolute atomic E-state index is 13.0. The van der Waals surface area contributed by atoms with Gasteiger partial charge in [-0.2, -0.15) is 0 Å². The lowest BCUT2D eigenvalue weighted by Gasteiger charge is -2.25. The standard InChI is InChI=1S/C22H23ClN2O3/c23-18-14-16(8-9-19(18)24-11-4-5-12-24)20(26)25-13-10-22(15-25,21(27)28)17-6-2-1-3-7-17/h1-3,6-9,14H,4-5,10-13,15H2,(H,27,28). The molecule has 2 aromatic carbocycles. The molecule has 0 aromatic heterocycles. The first-order chi connectivity index (χ1) is 13.5. The van der Waals surface area contributed by atoms with Crippen LogP contribution in [0.5, 0.6) is 0 Å². The third-order valence-corrected chi connectivity index (χ3v) is 6.24. The van der Waals surface area contributed by atoms with E-state index in [9.17, 15) is 14.7 Å². The second-order valence-corrected chi connectivity index (χ2v) is 8.00. The van der Waals surface area contributed by atoms with Crippen molar-refractivity contribution in [2.45, 2.75) is 24.7 Å². The van der Waals surface area contributed by atoms with Crippen LogP contribution in [0.15, 0.2) is 48.5 Å². The summed E-state index contributed by atoms with van der Waals surface area (Å²) >= 11 is 6.46. The fourth-order valence-corrected chi connectivity index (χ4v) is 4.61. The van der Waals surface area contributed by atoms with Crippen molar-refractivity contribution in [2.24, 2.45) is 0 Å². The molecule has 0 spiro atoms. The fraction of sp³-hybridized carbons (Fsp3) is 0.364. The lowest BCUT2D eigenvalue weighted by atomic mass is 9.80. The van der Waals surface area contributed by atoms with Crippen molar-refractivity contribution in [3.63, 3.8) is 0 Å². The molecule has 0 bridgehead atoms. The zero-order valence-corrected chi connectivity index (χ0v) is 16.4. The summed E-state index contributed by atoms with van der Waals surface area (Å²) < 4.78 is 0. The van der Waals surface area contributed by atoms with Crippen LogP contribution in [0.2, 0.25) is 5.02 Å². The van der Waals surface area contributed by atoms with E-state index in [1.54, 1.807) is 17.0 Å². The number of hydrogen-bond acceptors (Lipinski definition) is 3. The summed E-state index contributed by atoms with van der Waals surface area (Å²) in [5.74, 6) is -1.06. The number of rotatable bonds is 4. The molecule has 5 nitrogen and oxygen atoms in total. The van der Waals surface area contributed by atoms with Crippen LogP contribution in [0.25, 0.3) is 0 Å². The molecule has 1 unspecified atom stereocenters. The minimum atomic E-state index is -1.06. The molecule has 28 heavy (non-hydrogen) atoms. The predicted molar refractivity (Wildman–Crippen MR) is 109 cm³/mol. The lowest BCUT2D eigenvalue weighted by molar-refractivity contribution is -0.143. The van der Waals surface area contributed by atoms with Crippen molar-refractivity contribution in [1.29, 1.82) is 0 Å². The van der Waals surface area contributed by atoms with Crippen LogP contribution in [0.4, 0.5) is 5.69 Å². The Balaban J connectivity index is 1.56. The predicted octanol–water partition coefficient (Wildman–Crippen LogP) is 3.81. The van der Waals surface area contributed by atoms with Gasteiger partial charge in [0.1, 0.15) is 5.41 Å². The first kappa shape index (κ1) is 18.8. The van der Waals surface area contributed by atoms with E-state index < -0.39 is 11.4 Å². The van der Waals surface area contributed by atoms with E-state index in [-0.39, 0.29) is 12.5 Å². The molecule has 2 fully saturated rings. The van der Waals surface area contributed by atoms with Gasteiger partial charge in [0.15, 0.2) is 0 Å². The molecule has 4 rings (SSSR count). The number of nitrogens with zero attached hydrogens (tertiary/aromatic N) is 2. The van der Waals surface area contributed by atoms with Gasteiger partial charge in [-0.15, -0.1) is 0 Å². The average molecular weight is 399 g/mol. The van der Waals surface area contributed by atoms with Gasteiger partial charge >= 0.3 is 5.97 Å². The SMILES string of the molecule is O=C(c1ccc(N2CCCC2)c(Cl)c1)N1CCC(C(=O)O)(c2ccccc2)C1. The van der Waals surface area contributed by atoms with E-state index in [0.717, 1.165) is 37.2 Å². The first-order valence-electron chi connectivity index (χ1n) is 9.64. The molecule has 0 aliphatic carbocycles. The topological polar surface area (TPSA) is 60.9 Å². The number of carboxylic acids is 1. The van der Waals surface area contributed by atoms with Gasteiger partial charge in [0, 0.05) is 31.7 Å². The van der Waals surface area contributed by atoms with Crippen molar-refractivity contribution >= 4 is 29.2 Å². The zero-order chi connectivity index (χ0) is 19.7. The van der Waals surface area contributed by atoms with Crippen molar-refractivity contribution in [2.75, 3.05) is 31.1 Å². The number of amides is 1. The minimum Gasteiger partial charge on any atom is -0.481 e. The molecule has 2 aromatic rings. The normalized spacial score (nSPS) is 21.9. The molecule has 2 aliphatic heterocycles. The Morgan fingerprint density at radius 2 is 1.71 bits per heavy atom. The minimum absolute atomic E-state index is 0.163. The first-order valence-corrected chi connectivity index (χ1v) is 10.0. The highest BCUT2D eigenvalue weighted by Gasteiger charge is 2.47. The van der Waals surface area contributed by atoms with Crippen LogP contribution in [0.3, 0.4) is 0 Å². The Hall–Kier alpha value is -2.53.